The summed E-state index contributed by atoms with van der Waals surface area (Å²) in [6.07, 6.45) is 3.88. The van der Waals surface area contributed by atoms with Gasteiger partial charge in [-0.1, -0.05) is 27.2 Å². The highest BCUT2D eigenvalue weighted by Gasteiger charge is 2.28. The molecular formula is C15H28N2O3S. The second-order valence-corrected chi connectivity index (χ2v) is 7.57. The summed E-state index contributed by atoms with van der Waals surface area (Å²) in [7, 11) is 0. The number of aliphatic carboxylic acids is 1. The van der Waals surface area contributed by atoms with Gasteiger partial charge in [0.05, 0.1) is 5.92 Å². The van der Waals surface area contributed by atoms with Crippen molar-refractivity contribution in [3.63, 3.8) is 0 Å². The molecule has 1 aliphatic carbocycles. The first-order valence-corrected chi connectivity index (χ1v) is 8.87. The summed E-state index contributed by atoms with van der Waals surface area (Å²) < 4.78 is 0. The Labute approximate surface area is 131 Å². The Kier molecular flexibility index (Phi) is 7.93. The van der Waals surface area contributed by atoms with Crippen LogP contribution in [-0.4, -0.2) is 40.7 Å². The monoisotopic (exact) mass is 316 g/mol. The summed E-state index contributed by atoms with van der Waals surface area (Å²) in [6.45, 7) is 6.29. The summed E-state index contributed by atoms with van der Waals surface area (Å²) in [5, 5.41) is 15.4. The van der Waals surface area contributed by atoms with Crippen LogP contribution in [-0.2, 0) is 4.79 Å². The molecule has 1 aliphatic rings. The zero-order valence-corrected chi connectivity index (χ0v) is 14.0. The fourth-order valence-electron chi connectivity index (χ4n) is 2.78. The third-order valence-corrected chi connectivity index (χ3v) is 5.09. The van der Waals surface area contributed by atoms with E-state index in [-0.39, 0.29) is 18.6 Å². The molecule has 21 heavy (non-hydrogen) atoms. The molecule has 5 nitrogen and oxygen atoms in total. The van der Waals surface area contributed by atoms with E-state index in [2.05, 4.69) is 17.6 Å². The highest BCUT2D eigenvalue weighted by atomic mass is 32.2. The molecule has 0 aromatic carbocycles. The van der Waals surface area contributed by atoms with E-state index in [4.69, 9.17) is 5.11 Å². The molecule has 0 saturated heterocycles. The summed E-state index contributed by atoms with van der Waals surface area (Å²) in [5.74, 6) is 0.000453. The highest BCUT2D eigenvalue weighted by Crippen LogP contribution is 2.29. The molecule has 0 radical (unpaired) electrons. The third kappa shape index (κ3) is 6.59. The van der Waals surface area contributed by atoms with Crippen LogP contribution in [0.1, 0.15) is 46.5 Å². The second-order valence-electron chi connectivity index (χ2n) is 6.05. The molecule has 3 unspecified atom stereocenters. The van der Waals surface area contributed by atoms with Crippen LogP contribution in [0.25, 0.3) is 0 Å². The second kappa shape index (κ2) is 9.18. The van der Waals surface area contributed by atoms with Gasteiger partial charge in [0.1, 0.15) is 0 Å². The van der Waals surface area contributed by atoms with E-state index >= 15 is 0 Å². The number of hydrogen-bond donors (Lipinski definition) is 3. The van der Waals surface area contributed by atoms with Crippen LogP contribution in [0.4, 0.5) is 4.79 Å². The predicted octanol–water partition coefficient (Wildman–Crippen LogP) is 2.71. The van der Waals surface area contributed by atoms with Gasteiger partial charge < -0.3 is 15.7 Å². The van der Waals surface area contributed by atoms with Crippen molar-refractivity contribution in [1.82, 2.24) is 10.6 Å². The largest absolute Gasteiger partial charge is 0.481 e. The number of nitrogens with one attached hydrogen (secondary N) is 2. The van der Waals surface area contributed by atoms with Crippen molar-refractivity contribution in [3.05, 3.63) is 0 Å². The molecule has 122 valence electrons. The topological polar surface area (TPSA) is 78.4 Å². The average molecular weight is 316 g/mol. The van der Waals surface area contributed by atoms with Crippen molar-refractivity contribution < 1.29 is 14.7 Å². The molecule has 0 aromatic rings. The summed E-state index contributed by atoms with van der Waals surface area (Å²) >= 11 is 1.89. The SMILES string of the molecule is CCSC1CCCC1NC(=O)NCC(CC(C)C)C(=O)O. The Morgan fingerprint density at radius 3 is 2.62 bits per heavy atom. The lowest BCUT2D eigenvalue weighted by molar-refractivity contribution is -0.142. The lowest BCUT2D eigenvalue weighted by Crippen LogP contribution is -2.46. The smallest absolute Gasteiger partial charge is 0.315 e. The van der Waals surface area contributed by atoms with Gasteiger partial charge in [-0.15, -0.1) is 0 Å². The average Bonchev–Trinajstić information content (AvgIpc) is 2.81. The maximum absolute atomic E-state index is 11.9. The van der Waals surface area contributed by atoms with Gasteiger partial charge >= 0.3 is 12.0 Å². The van der Waals surface area contributed by atoms with Gasteiger partial charge in [0.15, 0.2) is 0 Å². The van der Waals surface area contributed by atoms with Gasteiger partial charge in [0.2, 0.25) is 0 Å². The molecule has 0 bridgehead atoms. The lowest BCUT2D eigenvalue weighted by atomic mass is 9.97. The van der Waals surface area contributed by atoms with Crippen molar-refractivity contribution >= 4 is 23.8 Å². The van der Waals surface area contributed by atoms with Crippen LogP contribution in [0.3, 0.4) is 0 Å². The number of carbonyl (C=O) groups excluding carboxylic acids is 1. The fraction of sp³-hybridized carbons (Fsp3) is 0.867. The maximum atomic E-state index is 11.9. The van der Waals surface area contributed by atoms with Gasteiger partial charge in [-0.25, -0.2) is 4.79 Å². The van der Waals surface area contributed by atoms with E-state index in [1.54, 1.807) is 0 Å². The normalized spacial score (nSPS) is 23.0. The van der Waals surface area contributed by atoms with Gasteiger partial charge in [0.25, 0.3) is 0 Å². The number of carbonyl (C=O) groups is 2. The Morgan fingerprint density at radius 2 is 2.05 bits per heavy atom. The minimum absolute atomic E-state index is 0.192. The number of urea groups is 1. The first kappa shape index (κ1) is 18.1. The standard InChI is InChI=1S/C15H28N2O3S/c1-4-21-13-7-5-6-12(13)17-15(20)16-9-11(14(18)19)8-10(2)3/h10-13H,4-9H2,1-3H3,(H,18,19)(H2,16,17,20). The summed E-state index contributed by atoms with van der Waals surface area (Å²) in [5.41, 5.74) is 0. The highest BCUT2D eigenvalue weighted by molar-refractivity contribution is 7.99. The van der Waals surface area contributed by atoms with Crippen molar-refractivity contribution in [2.45, 2.75) is 57.7 Å². The van der Waals surface area contributed by atoms with Gasteiger partial charge in [0, 0.05) is 17.8 Å². The first-order valence-electron chi connectivity index (χ1n) is 7.82. The molecule has 0 heterocycles. The van der Waals surface area contributed by atoms with Crippen LogP contribution in [0.5, 0.6) is 0 Å². The van der Waals surface area contributed by atoms with Crippen LogP contribution in [0.15, 0.2) is 0 Å². The first-order chi connectivity index (χ1) is 9.93. The Bertz CT molecular complexity index is 350. The molecule has 1 rings (SSSR count). The number of hydrogen-bond acceptors (Lipinski definition) is 3. The van der Waals surface area contributed by atoms with Crippen molar-refractivity contribution in [3.8, 4) is 0 Å². The molecule has 3 atom stereocenters. The van der Waals surface area contributed by atoms with Crippen LogP contribution in [0.2, 0.25) is 0 Å². The van der Waals surface area contributed by atoms with E-state index in [0.29, 0.717) is 17.6 Å². The maximum Gasteiger partial charge on any atom is 0.315 e. The van der Waals surface area contributed by atoms with Crippen molar-refractivity contribution in [2.24, 2.45) is 11.8 Å². The Balaban J connectivity index is 2.37. The molecular weight excluding hydrogens is 288 g/mol. The lowest BCUT2D eigenvalue weighted by Gasteiger charge is -2.21. The van der Waals surface area contributed by atoms with Gasteiger partial charge in [-0.2, -0.15) is 11.8 Å². The van der Waals surface area contributed by atoms with Gasteiger partial charge in [-0.05, 0) is 30.9 Å². The number of carboxylic acids is 1. The molecule has 2 amide bonds. The molecule has 0 spiro atoms. The number of carboxylic acid groups (broad SMARTS) is 1. The summed E-state index contributed by atoms with van der Waals surface area (Å²) in [6, 6.07) is -0.0260. The van der Waals surface area contributed by atoms with E-state index < -0.39 is 11.9 Å². The predicted molar refractivity (Wildman–Crippen MR) is 86.7 cm³/mol. The minimum atomic E-state index is -0.843. The van der Waals surface area contributed by atoms with E-state index in [1.807, 2.05) is 25.6 Å². The third-order valence-electron chi connectivity index (χ3n) is 3.76. The Hall–Kier alpha value is -0.910. The quantitative estimate of drug-likeness (QED) is 0.643. The minimum Gasteiger partial charge on any atom is -0.481 e. The Morgan fingerprint density at radius 1 is 1.33 bits per heavy atom. The molecule has 0 aliphatic heterocycles. The number of amides is 2. The van der Waals surface area contributed by atoms with Crippen LogP contribution >= 0.6 is 11.8 Å². The number of rotatable bonds is 8. The van der Waals surface area contributed by atoms with Crippen LogP contribution < -0.4 is 10.6 Å². The van der Waals surface area contributed by atoms with Crippen LogP contribution in [0, 0.1) is 11.8 Å². The molecule has 1 fully saturated rings. The van der Waals surface area contributed by atoms with E-state index in [0.717, 1.165) is 25.0 Å². The van der Waals surface area contributed by atoms with Crippen molar-refractivity contribution in [2.75, 3.05) is 12.3 Å². The van der Waals surface area contributed by atoms with Crippen molar-refractivity contribution in [1.29, 1.82) is 0 Å². The summed E-state index contributed by atoms with van der Waals surface area (Å²) in [4.78, 5) is 23.1. The zero-order chi connectivity index (χ0) is 15.8. The van der Waals surface area contributed by atoms with E-state index in [1.165, 1.54) is 0 Å². The molecule has 0 aromatic heterocycles. The molecule has 6 heteroatoms. The van der Waals surface area contributed by atoms with Gasteiger partial charge in [-0.3, -0.25) is 4.79 Å². The fourth-order valence-corrected chi connectivity index (χ4v) is 3.98. The zero-order valence-electron chi connectivity index (χ0n) is 13.2. The van der Waals surface area contributed by atoms with E-state index in [9.17, 15) is 9.59 Å². The molecule has 1 saturated carbocycles. The number of thioether (sulfide) groups is 1. The molecule has 3 N–H and O–H groups in total.